The molecule has 0 bridgehead atoms. The monoisotopic (exact) mass is 407 g/mol. The van der Waals surface area contributed by atoms with Crippen LogP contribution in [0.4, 0.5) is 5.69 Å². The van der Waals surface area contributed by atoms with Gasteiger partial charge in [0, 0.05) is 17.8 Å². The number of aromatic nitrogens is 2. The lowest BCUT2D eigenvalue weighted by molar-refractivity contribution is 0.0364. The maximum absolute atomic E-state index is 12.2. The number of ether oxygens (including phenoxy) is 1. The Morgan fingerprint density at radius 2 is 1.97 bits per heavy atom. The second-order valence-electron chi connectivity index (χ2n) is 7.59. The van der Waals surface area contributed by atoms with E-state index < -0.39 is 5.76 Å². The predicted octanol–water partition coefficient (Wildman–Crippen LogP) is 4.21. The number of anilines is 1. The van der Waals surface area contributed by atoms with Gasteiger partial charge in [-0.05, 0) is 43.0 Å². The number of hydrogen-bond acceptors (Lipinski definition) is 6. The zero-order valence-corrected chi connectivity index (χ0v) is 17.2. The lowest BCUT2D eigenvalue weighted by Crippen LogP contribution is -2.16. The summed E-state index contributed by atoms with van der Waals surface area (Å²) in [5.41, 5.74) is 4.56. The van der Waals surface area contributed by atoms with Crippen molar-refractivity contribution in [3.63, 3.8) is 0 Å². The highest BCUT2D eigenvalue weighted by molar-refractivity contribution is 5.95. The van der Waals surface area contributed by atoms with Crippen molar-refractivity contribution in [3.05, 3.63) is 81.1 Å². The van der Waals surface area contributed by atoms with Crippen LogP contribution in [-0.2, 0) is 17.8 Å². The number of hydrogen-bond donors (Lipinski definition) is 1. The molecular weight excluding hydrogens is 382 g/mol. The number of rotatable bonds is 8. The van der Waals surface area contributed by atoms with Crippen molar-refractivity contribution in [2.45, 2.75) is 52.3 Å². The van der Waals surface area contributed by atoms with Gasteiger partial charge in [-0.2, -0.15) is 0 Å². The molecule has 4 rings (SSSR count). The van der Waals surface area contributed by atoms with Crippen molar-refractivity contribution in [1.29, 1.82) is 0 Å². The summed E-state index contributed by atoms with van der Waals surface area (Å²) < 4.78 is 11.7. The van der Waals surface area contributed by atoms with Gasteiger partial charge in [0.1, 0.15) is 6.10 Å². The molecule has 0 fully saturated rings. The Morgan fingerprint density at radius 1 is 1.13 bits per heavy atom. The second-order valence-corrected chi connectivity index (χ2v) is 7.59. The SMILES string of the molecule is CCCCC1OC(=O)c2cc(NCc3cccc(Cn4c(C)noc4=O)c3)ccc21. The maximum atomic E-state index is 12.2. The third kappa shape index (κ3) is 4.15. The van der Waals surface area contributed by atoms with Gasteiger partial charge < -0.3 is 10.1 Å². The molecule has 156 valence electrons. The number of nitrogens with one attached hydrogen (secondary N) is 1. The van der Waals surface area contributed by atoms with E-state index in [1.165, 1.54) is 4.57 Å². The van der Waals surface area contributed by atoms with Crippen LogP contribution in [0.25, 0.3) is 0 Å². The van der Waals surface area contributed by atoms with Gasteiger partial charge in [-0.3, -0.25) is 9.09 Å². The number of aryl methyl sites for hydroxylation is 1. The van der Waals surface area contributed by atoms with E-state index in [4.69, 9.17) is 4.74 Å². The Morgan fingerprint density at radius 3 is 2.73 bits per heavy atom. The summed E-state index contributed by atoms with van der Waals surface area (Å²) in [6.07, 6.45) is 2.85. The van der Waals surface area contributed by atoms with Gasteiger partial charge in [-0.1, -0.05) is 48.8 Å². The fourth-order valence-corrected chi connectivity index (χ4v) is 3.72. The molecule has 1 aliphatic rings. The summed E-state index contributed by atoms with van der Waals surface area (Å²) in [7, 11) is 0. The Labute approximate surface area is 174 Å². The Bertz CT molecular complexity index is 1120. The van der Waals surface area contributed by atoms with E-state index in [9.17, 15) is 9.59 Å². The van der Waals surface area contributed by atoms with Crippen molar-refractivity contribution >= 4 is 11.7 Å². The molecule has 7 nitrogen and oxygen atoms in total. The third-order valence-electron chi connectivity index (χ3n) is 5.38. The van der Waals surface area contributed by atoms with Gasteiger partial charge >= 0.3 is 11.7 Å². The molecule has 7 heteroatoms. The molecule has 2 heterocycles. The summed E-state index contributed by atoms with van der Waals surface area (Å²) >= 11 is 0. The molecule has 1 aliphatic heterocycles. The van der Waals surface area contributed by atoms with Gasteiger partial charge in [0.05, 0.1) is 12.1 Å². The van der Waals surface area contributed by atoms with Gasteiger partial charge in [0.25, 0.3) is 0 Å². The zero-order chi connectivity index (χ0) is 21.1. The van der Waals surface area contributed by atoms with Crippen LogP contribution < -0.4 is 11.1 Å². The minimum atomic E-state index is -0.460. The summed E-state index contributed by atoms with van der Waals surface area (Å²) in [4.78, 5) is 24.0. The lowest BCUT2D eigenvalue weighted by Gasteiger charge is -2.11. The van der Waals surface area contributed by atoms with Gasteiger partial charge in [-0.15, -0.1) is 0 Å². The smallest absolute Gasteiger partial charge is 0.441 e. The molecule has 3 aromatic rings. The average molecular weight is 407 g/mol. The van der Waals surface area contributed by atoms with Crippen molar-refractivity contribution < 1.29 is 14.1 Å². The van der Waals surface area contributed by atoms with Gasteiger partial charge in [0.2, 0.25) is 0 Å². The van der Waals surface area contributed by atoms with Crippen molar-refractivity contribution in [2.75, 3.05) is 5.32 Å². The molecular formula is C23H25N3O4. The van der Waals surface area contributed by atoms with Crippen LogP contribution in [0.2, 0.25) is 0 Å². The van der Waals surface area contributed by atoms with E-state index in [1.807, 2.05) is 42.5 Å². The van der Waals surface area contributed by atoms with E-state index in [0.717, 1.165) is 41.6 Å². The first kappa shape index (κ1) is 19.9. The largest absolute Gasteiger partial charge is 0.454 e. The highest BCUT2D eigenvalue weighted by Crippen LogP contribution is 2.35. The van der Waals surface area contributed by atoms with E-state index in [1.54, 1.807) is 6.92 Å². The number of esters is 1. The van der Waals surface area contributed by atoms with Gasteiger partial charge in [-0.25, -0.2) is 9.59 Å². The molecule has 1 unspecified atom stereocenters. The molecule has 0 aliphatic carbocycles. The summed E-state index contributed by atoms with van der Waals surface area (Å²) in [5, 5.41) is 7.06. The molecule has 0 saturated heterocycles. The molecule has 0 spiro atoms. The standard InChI is InChI=1S/C23H25N3O4/c1-3-4-8-21-19-10-9-18(12-20(19)22(27)29-21)24-13-16-6-5-7-17(11-16)14-26-15(2)25-30-23(26)28/h5-7,9-12,21,24H,3-4,8,13-14H2,1-2H3. The van der Waals surface area contributed by atoms with Crippen LogP contribution in [0.15, 0.2) is 51.8 Å². The highest BCUT2D eigenvalue weighted by atomic mass is 16.5. The topological polar surface area (TPSA) is 86.4 Å². The van der Waals surface area contributed by atoms with Crippen LogP contribution in [0.3, 0.4) is 0 Å². The first-order valence-corrected chi connectivity index (χ1v) is 10.2. The summed E-state index contributed by atoms with van der Waals surface area (Å²) in [6, 6.07) is 13.8. The molecule has 2 aromatic carbocycles. The number of benzene rings is 2. The molecule has 1 atom stereocenters. The lowest BCUT2D eigenvalue weighted by atomic mass is 10.0. The second kappa shape index (κ2) is 8.57. The van der Waals surface area contributed by atoms with E-state index in [0.29, 0.717) is 24.5 Å². The fraction of sp³-hybridized carbons (Fsp3) is 0.348. The normalized spacial score (nSPS) is 15.1. The quantitative estimate of drug-likeness (QED) is 0.563. The summed E-state index contributed by atoms with van der Waals surface area (Å²) in [6.45, 7) is 4.87. The third-order valence-corrected chi connectivity index (χ3v) is 5.38. The zero-order valence-electron chi connectivity index (χ0n) is 17.2. The number of fused-ring (bicyclic) bond motifs is 1. The molecule has 0 saturated carbocycles. The Kier molecular flexibility index (Phi) is 5.70. The average Bonchev–Trinajstić information content (AvgIpc) is 3.24. The van der Waals surface area contributed by atoms with Crippen LogP contribution in [-0.4, -0.2) is 15.7 Å². The van der Waals surface area contributed by atoms with E-state index in [2.05, 4.69) is 21.9 Å². The van der Waals surface area contributed by atoms with Crippen molar-refractivity contribution in [3.8, 4) is 0 Å². The number of unbranched alkanes of at least 4 members (excludes halogenated alkanes) is 1. The first-order chi connectivity index (χ1) is 14.5. The molecule has 30 heavy (non-hydrogen) atoms. The molecule has 1 aromatic heterocycles. The van der Waals surface area contributed by atoms with Crippen LogP contribution in [0.5, 0.6) is 0 Å². The molecule has 0 amide bonds. The van der Waals surface area contributed by atoms with E-state index in [-0.39, 0.29) is 12.1 Å². The van der Waals surface area contributed by atoms with Crippen LogP contribution in [0, 0.1) is 6.92 Å². The number of nitrogens with zero attached hydrogens (tertiary/aromatic N) is 2. The van der Waals surface area contributed by atoms with E-state index >= 15 is 0 Å². The van der Waals surface area contributed by atoms with Gasteiger partial charge in [0.15, 0.2) is 5.82 Å². The maximum Gasteiger partial charge on any atom is 0.441 e. The fourth-order valence-electron chi connectivity index (χ4n) is 3.72. The van der Waals surface area contributed by atoms with Crippen LogP contribution >= 0.6 is 0 Å². The highest BCUT2D eigenvalue weighted by Gasteiger charge is 2.30. The minimum Gasteiger partial charge on any atom is -0.454 e. The van der Waals surface area contributed by atoms with Crippen molar-refractivity contribution in [1.82, 2.24) is 9.72 Å². The number of carbonyl (C=O) groups is 1. The number of carbonyl (C=O) groups excluding carboxylic acids is 1. The summed E-state index contributed by atoms with van der Waals surface area (Å²) in [5.74, 6) is -0.157. The first-order valence-electron chi connectivity index (χ1n) is 10.2. The Balaban J connectivity index is 1.44. The predicted molar refractivity (Wildman–Crippen MR) is 112 cm³/mol. The van der Waals surface area contributed by atoms with Crippen LogP contribution in [0.1, 0.15) is 65.2 Å². The minimum absolute atomic E-state index is 0.123. The molecule has 1 N–H and O–H groups in total. The number of cyclic esters (lactones) is 1. The Hall–Kier alpha value is -3.35. The molecule has 0 radical (unpaired) electrons. The van der Waals surface area contributed by atoms with Crippen molar-refractivity contribution in [2.24, 2.45) is 0 Å².